The number of ketones is 1. The standard InChI is InChI=1S/C28H37FN2O4S.2ClH/c1-3-35-28(34)22-7-6-14-30(17-22)15-12-21-18-31(16-13-25(21)36-19(2)32)26(27(33)20-10-11-20)23-8-4-5-9-24(23)29;;/h4-5,8-9,12,20,22,25-26H,3,6-7,10-11,13-18H2,1-2H3;2*1H/b21-12-;;. The third-order valence-corrected chi connectivity index (χ3v) is 8.49. The summed E-state index contributed by atoms with van der Waals surface area (Å²) in [6.07, 6.45) is 6.43. The number of hydrogen-bond donors (Lipinski definition) is 0. The number of benzene rings is 1. The van der Waals surface area contributed by atoms with Gasteiger partial charge in [0, 0.05) is 49.8 Å². The average molecular weight is 590 g/mol. The van der Waals surface area contributed by atoms with E-state index in [1.165, 1.54) is 17.8 Å². The van der Waals surface area contributed by atoms with Gasteiger partial charge in [0.25, 0.3) is 0 Å². The molecule has 1 aliphatic carbocycles. The lowest BCUT2D eigenvalue weighted by Gasteiger charge is -2.39. The molecular formula is C28H39Cl2FN2O4S. The predicted octanol–water partition coefficient (Wildman–Crippen LogP) is 5.25. The quantitative estimate of drug-likeness (QED) is 0.288. The maximum absolute atomic E-state index is 14.8. The molecule has 10 heteroatoms. The molecule has 38 heavy (non-hydrogen) atoms. The van der Waals surface area contributed by atoms with Crippen LogP contribution in [0.2, 0.25) is 0 Å². The fourth-order valence-electron chi connectivity index (χ4n) is 5.37. The predicted molar refractivity (Wildman–Crippen MR) is 153 cm³/mol. The van der Waals surface area contributed by atoms with E-state index in [0.717, 1.165) is 44.2 Å². The third kappa shape index (κ3) is 8.52. The van der Waals surface area contributed by atoms with Crippen LogP contribution >= 0.6 is 36.6 Å². The smallest absolute Gasteiger partial charge is 0.310 e. The molecule has 2 aliphatic heterocycles. The molecule has 212 valence electrons. The molecule has 1 saturated carbocycles. The van der Waals surface area contributed by atoms with E-state index < -0.39 is 6.04 Å². The lowest BCUT2D eigenvalue weighted by molar-refractivity contribution is -0.149. The van der Waals surface area contributed by atoms with Crippen LogP contribution in [0.3, 0.4) is 0 Å². The van der Waals surface area contributed by atoms with Crippen molar-refractivity contribution in [1.82, 2.24) is 9.80 Å². The molecule has 0 radical (unpaired) electrons. The van der Waals surface area contributed by atoms with Crippen LogP contribution in [0.5, 0.6) is 0 Å². The number of esters is 1. The second kappa shape index (κ2) is 15.4. The summed E-state index contributed by atoms with van der Waals surface area (Å²) in [5.74, 6) is -0.468. The lowest BCUT2D eigenvalue weighted by atomic mass is 9.93. The van der Waals surface area contributed by atoms with Gasteiger partial charge in [0.05, 0.1) is 18.6 Å². The minimum atomic E-state index is -0.603. The molecule has 0 N–H and O–H groups in total. The molecule has 2 saturated heterocycles. The van der Waals surface area contributed by atoms with Gasteiger partial charge in [-0.2, -0.15) is 0 Å². The summed E-state index contributed by atoms with van der Waals surface area (Å²) in [6.45, 7) is 7.21. The number of rotatable bonds is 9. The van der Waals surface area contributed by atoms with Gasteiger partial charge in [0.15, 0.2) is 10.9 Å². The molecule has 4 rings (SSSR count). The van der Waals surface area contributed by atoms with Crippen molar-refractivity contribution in [3.63, 3.8) is 0 Å². The van der Waals surface area contributed by atoms with Crippen molar-refractivity contribution in [2.24, 2.45) is 11.8 Å². The van der Waals surface area contributed by atoms with E-state index in [0.29, 0.717) is 38.3 Å². The molecule has 1 aromatic rings. The number of Topliss-reactive ketones (excluding diaryl/α,β-unsaturated/α-hetero) is 1. The normalized spacial score (nSPS) is 24.1. The average Bonchev–Trinajstić information content (AvgIpc) is 3.71. The number of carbonyl (C=O) groups excluding carboxylic acids is 3. The van der Waals surface area contributed by atoms with E-state index >= 15 is 0 Å². The second-order valence-corrected chi connectivity index (χ2v) is 11.5. The first-order valence-corrected chi connectivity index (χ1v) is 14.0. The van der Waals surface area contributed by atoms with Crippen molar-refractivity contribution in [2.45, 2.75) is 57.2 Å². The third-order valence-electron chi connectivity index (χ3n) is 7.34. The number of nitrogens with zero attached hydrogens (tertiary/aromatic N) is 2. The monoisotopic (exact) mass is 588 g/mol. The maximum Gasteiger partial charge on any atom is 0.310 e. The van der Waals surface area contributed by atoms with Gasteiger partial charge >= 0.3 is 5.97 Å². The van der Waals surface area contributed by atoms with Gasteiger partial charge in [0.1, 0.15) is 5.82 Å². The first kappa shape index (κ1) is 32.8. The number of ether oxygens (including phenoxy) is 1. The number of hydrogen-bond acceptors (Lipinski definition) is 7. The molecular weight excluding hydrogens is 550 g/mol. The molecule has 0 aromatic heterocycles. The number of carbonyl (C=O) groups is 3. The Kier molecular flexibility index (Phi) is 13.2. The van der Waals surface area contributed by atoms with E-state index in [-0.39, 0.29) is 64.6 Å². The Morgan fingerprint density at radius 2 is 1.84 bits per heavy atom. The molecule has 1 aromatic carbocycles. The highest BCUT2D eigenvalue weighted by Crippen LogP contribution is 2.40. The maximum atomic E-state index is 14.8. The molecule has 2 heterocycles. The van der Waals surface area contributed by atoms with Gasteiger partial charge in [-0.3, -0.25) is 24.2 Å². The Labute approximate surface area is 241 Å². The SMILES string of the molecule is CCOC(=O)C1CCCN(C/C=C2/CN(C(C(=O)C3CC3)c3ccccc3F)CCC2SC(C)=O)C1.Cl.Cl. The number of halogens is 3. The topological polar surface area (TPSA) is 66.9 Å². The number of piperidine rings is 2. The molecule has 0 amide bonds. The van der Waals surface area contributed by atoms with E-state index in [9.17, 15) is 18.8 Å². The first-order chi connectivity index (χ1) is 17.4. The van der Waals surface area contributed by atoms with Crippen LogP contribution in [-0.4, -0.2) is 71.2 Å². The van der Waals surface area contributed by atoms with Crippen molar-refractivity contribution >= 4 is 53.4 Å². The molecule has 3 unspecified atom stereocenters. The highest BCUT2D eigenvalue weighted by Gasteiger charge is 2.41. The van der Waals surface area contributed by atoms with Gasteiger partial charge in [-0.15, -0.1) is 24.8 Å². The van der Waals surface area contributed by atoms with Crippen LogP contribution in [0, 0.1) is 17.7 Å². The van der Waals surface area contributed by atoms with Crippen LogP contribution in [0.4, 0.5) is 4.39 Å². The van der Waals surface area contributed by atoms with Crippen molar-refractivity contribution in [2.75, 3.05) is 39.3 Å². The van der Waals surface area contributed by atoms with Gasteiger partial charge < -0.3 is 4.74 Å². The largest absolute Gasteiger partial charge is 0.466 e. The molecule has 0 bridgehead atoms. The van der Waals surface area contributed by atoms with E-state index in [1.54, 1.807) is 25.1 Å². The van der Waals surface area contributed by atoms with Gasteiger partial charge in [-0.25, -0.2) is 4.39 Å². The number of thioether (sulfide) groups is 1. The minimum absolute atomic E-state index is 0. The van der Waals surface area contributed by atoms with Crippen LogP contribution in [0.1, 0.15) is 57.6 Å². The Morgan fingerprint density at radius 3 is 2.50 bits per heavy atom. The summed E-state index contributed by atoms with van der Waals surface area (Å²) in [4.78, 5) is 41.9. The Hall–Kier alpha value is -1.45. The molecule has 3 fully saturated rings. The Bertz CT molecular complexity index is 1010. The van der Waals surface area contributed by atoms with E-state index in [1.807, 2.05) is 6.92 Å². The van der Waals surface area contributed by atoms with E-state index in [2.05, 4.69) is 15.9 Å². The van der Waals surface area contributed by atoms with Crippen LogP contribution in [0.25, 0.3) is 0 Å². The van der Waals surface area contributed by atoms with Gasteiger partial charge in [0.2, 0.25) is 0 Å². The summed E-state index contributed by atoms with van der Waals surface area (Å²) >= 11 is 1.34. The van der Waals surface area contributed by atoms with Gasteiger partial charge in [-0.05, 0) is 57.2 Å². The van der Waals surface area contributed by atoms with Crippen LogP contribution < -0.4 is 0 Å². The zero-order valence-electron chi connectivity index (χ0n) is 22.1. The molecule has 6 nitrogen and oxygen atoms in total. The Morgan fingerprint density at radius 1 is 1.11 bits per heavy atom. The van der Waals surface area contributed by atoms with Crippen molar-refractivity contribution < 1.29 is 23.5 Å². The molecule has 3 aliphatic rings. The zero-order valence-corrected chi connectivity index (χ0v) is 24.6. The fraction of sp³-hybridized carbons (Fsp3) is 0.607. The fourth-order valence-corrected chi connectivity index (χ4v) is 6.32. The highest BCUT2D eigenvalue weighted by molar-refractivity contribution is 8.14. The summed E-state index contributed by atoms with van der Waals surface area (Å²) in [5, 5.41) is 0.112. The van der Waals surface area contributed by atoms with Crippen molar-refractivity contribution in [1.29, 1.82) is 0 Å². The van der Waals surface area contributed by atoms with Crippen molar-refractivity contribution in [3.8, 4) is 0 Å². The summed E-state index contributed by atoms with van der Waals surface area (Å²) in [7, 11) is 0. The summed E-state index contributed by atoms with van der Waals surface area (Å²) < 4.78 is 20.1. The number of likely N-dealkylation sites (tertiary alicyclic amines) is 2. The first-order valence-electron chi connectivity index (χ1n) is 13.1. The minimum Gasteiger partial charge on any atom is -0.466 e. The highest BCUT2D eigenvalue weighted by atomic mass is 35.5. The van der Waals surface area contributed by atoms with E-state index in [4.69, 9.17) is 4.74 Å². The molecule has 0 spiro atoms. The summed E-state index contributed by atoms with van der Waals surface area (Å²) in [6, 6.07) is 5.99. The molecule has 3 atom stereocenters. The second-order valence-electron chi connectivity index (χ2n) is 10.1. The van der Waals surface area contributed by atoms with Crippen LogP contribution in [0.15, 0.2) is 35.9 Å². The summed E-state index contributed by atoms with van der Waals surface area (Å²) in [5.41, 5.74) is 1.55. The van der Waals surface area contributed by atoms with Crippen LogP contribution in [-0.2, 0) is 19.1 Å². The Balaban J connectivity index is 0.00000253. The van der Waals surface area contributed by atoms with Crippen molar-refractivity contribution in [3.05, 3.63) is 47.3 Å². The lowest BCUT2D eigenvalue weighted by Crippen LogP contribution is -2.44. The van der Waals surface area contributed by atoms with Gasteiger partial charge in [-0.1, -0.05) is 36.0 Å². The zero-order chi connectivity index (χ0) is 25.7.